The van der Waals surface area contributed by atoms with Crippen molar-refractivity contribution in [2.24, 2.45) is 5.10 Å². The largest absolute Gasteiger partial charge is 0.495 e. The summed E-state index contributed by atoms with van der Waals surface area (Å²) in [5.41, 5.74) is 5.69. The molecule has 0 saturated heterocycles. The summed E-state index contributed by atoms with van der Waals surface area (Å²) in [6, 6.07) is 19.0. The van der Waals surface area contributed by atoms with Crippen molar-refractivity contribution in [3.8, 4) is 11.5 Å². The molecule has 0 aromatic heterocycles. The number of nitrogens with zero attached hydrogens (tertiary/aromatic N) is 2. The third-order valence-corrected chi connectivity index (χ3v) is 6.69. The molecule has 0 aliphatic rings. The van der Waals surface area contributed by atoms with Crippen LogP contribution < -0.4 is 24.5 Å². The number of carbonyl (C=O) groups excluding carboxylic acids is 2. The first-order valence-electron chi connectivity index (χ1n) is 11.6. The van der Waals surface area contributed by atoms with Crippen molar-refractivity contribution in [2.75, 3.05) is 36.1 Å². The lowest BCUT2D eigenvalue weighted by molar-refractivity contribution is -0.119. The fourth-order valence-electron chi connectivity index (χ4n) is 3.46. The molecule has 0 aliphatic heterocycles. The molecule has 0 heterocycles. The minimum Gasteiger partial charge on any atom is -0.495 e. The molecule has 0 saturated carbocycles. The van der Waals surface area contributed by atoms with E-state index in [1.807, 2.05) is 13.0 Å². The average Bonchev–Trinajstić information content (AvgIpc) is 2.88. The Morgan fingerprint density at radius 2 is 1.68 bits per heavy atom. The van der Waals surface area contributed by atoms with Gasteiger partial charge in [0.25, 0.3) is 11.8 Å². The minimum atomic E-state index is -3.70. The highest BCUT2D eigenvalue weighted by atomic mass is 32.2. The average molecular weight is 539 g/mol. The number of nitrogens with one attached hydrogen (secondary N) is 2. The first kappa shape index (κ1) is 28.2. The highest BCUT2D eigenvalue weighted by molar-refractivity contribution is 7.92. The summed E-state index contributed by atoms with van der Waals surface area (Å²) in [6.45, 7) is 3.07. The number of carbonyl (C=O) groups is 2. The smallest absolute Gasteiger partial charge is 0.262 e. The van der Waals surface area contributed by atoms with Crippen molar-refractivity contribution in [1.29, 1.82) is 0 Å². The molecule has 10 nitrogen and oxygen atoms in total. The fourth-order valence-corrected chi connectivity index (χ4v) is 4.37. The molecule has 0 radical (unpaired) electrons. The number of hydrogen-bond acceptors (Lipinski definition) is 7. The predicted molar refractivity (Wildman–Crippen MR) is 147 cm³/mol. The van der Waals surface area contributed by atoms with Gasteiger partial charge in [0.05, 0.1) is 31.0 Å². The molecule has 0 atom stereocenters. The Hall–Kier alpha value is -4.38. The Morgan fingerprint density at radius 1 is 0.974 bits per heavy atom. The van der Waals surface area contributed by atoms with E-state index in [4.69, 9.17) is 9.47 Å². The molecule has 200 valence electrons. The van der Waals surface area contributed by atoms with Crippen molar-refractivity contribution in [3.63, 3.8) is 0 Å². The normalized spacial score (nSPS) is 11.2. The van der Waals surface area contributed by atoms with E-state index in [1.54, 1.807) is 67.6 Å². The summed E-state index contributed by atoms with van der Waals surface area (Å²) in [5, 5.41) is 6.64. The fraction of sp³-hybridized carbons (Fsp3) is 0.222. The van der Waals surface area contributed by atoms with Crippen LogP contribution >= 0.6 is 0 Å². The van der Waals surface area contributed by atoms with Crippen LogP contribution in [0.3, 0.4) is 0 Å². The maximum absolute atomic E-state index is 12.4. The van der Waals surface area contributed by atoms with Gasteiger partial charge in [0.1, 0.15) is 18.0 Å². The van der Waals surface area contributed by atoms with Gasteiger partial charge in [-0.25, -0.2) is 13.8 Å². The first-order chi connectivity index (χ1) is 18.1. The monoisotopic (exact) mass is 538 g/mol. The quantitative estimate of drug-likeness (QED) is 0.285. The van der Waals surface area contributed by atoms with Gasteiger partial charge in [-0.3, -0.25) is 13.9 Å². The minimum absolute atomic E-state index is 0.196. The van der Waals surface area contributed by atoms with Crippen LogP contribution in [0.25, 0.3) is 0 Å². The third-order valence-electron chi connectivity index (χ3n) is 5.57. The molecule has 38 heavy (non-hydrogen) atoms. The zero-order valence-corrected chi connectivity index (χ0v) is 22.4. The lowest BCUT2D eigenvalue weighted by atomic mass is 10.1. The molecular formula is C27H30N4O6S. The van der Waals surface area contributed by atoms with Gasteiger partial charge in [0, 0.05) is 0 Å². The van der Waals surface area contributed by atoms with E-state index in [0.717, 1.165) is 21.7 Å². The molecule has 0 unspecified atom stereocenters. The van der Waals surface area contributed by atoms with Crippen molar-refractivity contribution in [2.45, 2.75) is 13.8 Å². The predicted octanol–water partition coefficient (Wildman–Crippen LogP) is 3.25. The van der Waals surface area contributed by atoms with E-state index >= 15 is 0 Å². The summed E-state index contributed by atoms with van der Waals surface area (Å²) < 4.78 is 36.5. The van der Waals surface area contributed by atoms with Gasteiger partial charge >= 0.3 is 0 Å². The van der Waals surface area contributed by atoms with E-state index in [0.29, 0.717) is 28.4 Å². The summed E-state index contributed by atoms with van der Waals surface area (Å²) in [4.78, 5) is 24.6. The van der Waals surface area contributed by atoms with Crippen LogP contribution in [0.5, 0.6) is 11.5 Å². The molecule has 3 aromatic carbocycles. The molecule has 3 aromatic rings. The van der Waals surface area contributed by atoms with E-state index in [9.17, 15) is 18.0 Å². The van der Waals surface area contributed by atoms with Crippen molar-refractivity contribution < 1.29 is 27.5 Å². The van der Waals surface area contributed by atoms with Gasteiger partial charge in [-0.1, -0.05) is 24.3 Å². The summed E-state index contributed by atoms with van der Waals surface area (Å²) in [7, 11) is -2.17. The summed E-state index contributed by atoms with van der Waals surface area (Å²) in [6.07, 6.45) is 2.47. The van der Waals surface area contributed by atoms with Gasteiger partial charge in [-0.05, 0) is 73.0 Å². The number of sulfonamides is 1. The highest BCUT2D eigenvalue weighted by Gasteiger charge is 2.22. The van der Waals surface area contributed by atoms with Crippen LogP contribution in [0.2, 0.25) is 0 Å². The van der Waals surface area contributed by atoms with Crippen LogP contribution in [0.15, 0.2) is 71.8 Å². The molecule has 0 fully saturated rings. The Morgan fingerprint density at radius 3 is 2.37 bits per heavy atom. The number of benzene rings is 3. The number of hydrazone groups is 1. The number of anilines is 2. The number of amides is 2. The topological polar surface area (TPSA) is 126 Å². The Balaban J connectivity index is 1.52. The summed E-state index contributed by atoms with van der Waals surface area (Å²) in [5.74, 6) is 0.0880. The van der Waals surface area contributed by atoms with Crippen molar-refractivity contribution >= 4 is 39.4 Å². The SMILES string of the molecule is COc1ccccc1NC(=O)COc1ccc(/C=N/NC(=O)CN(c2cccc(C)c2C)S(C)(=O)=O)cc1. The van der Waals surface area contributed by atoms with Crippen LogP contribution in [0.1, 0.15) is 16.7 Å². The lowest BCUT2D eigenvalue weighted by Crippen LogP contribution is -2.39. The van der Waals surface area contributed by atoms with Gasteiger partial charge in [0.15, 0.2) is 6.61 Å². The van der Waals surface area contributed by atoms with E-state index in [-0.39, 0.29) is 12.5 Å². The molecule has 3 rings (SSSR count). The molecule has 2 amide bonds. The number of hydrogen-bond donors (Lipinski definition) is 2. The van der Waals surface area contributed by atoms with Crippen LogP contribution in [-0.2, 0) is 19.6 Å². The van der Waals surface area contributed by atoms with E-state index in [1.165, 1.54) is 13.3 Å². The molecule has 0 aliphatic carbocycles. The molecule has 0 bridgehead atoms. The molecule has 11 heteroatoms. The zero-order valence-electron chi connectivity index (χ0n) is 21.6. The Labute approximate surface area is 222 Å². The molecule has 0 spiro atoms. The second-order valence-electron chi connectivity index (χ2n) is 8.39. The van der Waals surface area contributed by atoms with Crippen LogP contribution in [0.4, 0.5) is 11.4 Å². The summed E-state index contributed by atoms with van der Waals surface area (Å²) >= 11 is 0. The Bertz CT molecular complexity index is 1420. The number of para-hydroxylation sites is 2. The molecular weight excluding hydrogens is 508 g/mol. The first-order valence-corrected chi connectivity index (χ1v) is 13.4. The van der Waals surface area contributed by atoms with Gasteiger partial charge in [-0.15, -0.1) is 0 Å². The number of aryl methyl sites for hydroxylation is 1. The maximum Gasteiger partial charge on any atom is 0.262 e. The van der Waals surface area contributed by atoms with Gasteiger partial charge in [0.2, 0.25) is 10.0 Å². The van der Waals surface area contributed by atoms with E-state index < -0.39 is 22.5 Å². The zero-order chi connectivity index (χ0) is 27.7. The standard InChI is InChI=1S/C27H30N4O6S/c1-19-8-7-10-24(20(19)2)31(38(4,34)35)17-26(32)30-28-16-21-12-14-22(15-13-21)37-18-27(33)29-23-9-5-6-11-25(23)36-3/h5-16H,17-18H2,1-4H3,(H,29,33)(H,30,32)/b28-16+. The van der Waals surface area contributed by atoms with Gasteiger partial charge < -0.3 is 14.8 Å². The Kier molecular flexibility index (Phi) is 9.44. The number of methoxy groups -OCH3 is 1. The third kappa shape index (κ3) is 7.81. The van der Waals surface area contributed by atoms with Crippen molar-refractivity contribution in [3.05, 3.63) is 83.4 Å². The lowest BCUT2D eigenvalue weighted by Gasteiger charge is -2.23. The maximum atomic E-state index is 12.4. The number of ether oxygens (including phenoxy) is 2. The second-order valence-corrected chi connectivity index (χ2v) is 10.3. The van der Waals surface area contributed by atoms with Gasteiger partial charge in [-0.2, -0.15) is 5.10 Å². The molecule has 2 N–H and O–H groups in total. The van der Waals surface area contributed by atoms with Crippen LogP contribution in [0, 0.1) is 13.8 Å². The second kappa shape index (κ2) is 12.7. The van der Waals surface area contributed by atoms with Crippen molar-refractivity contribution in [1.82, 2.24) is 5.43 Å². The van der Waals surface area contributed by atoms with E-state index in [2.05, 4.69) is 15.8 Å². The van der Waals surface area contributed by atoms with Crippen LogP contribution in [-0.4, -0.2) is 53.0 Å². The highest BCUT2D eigenvalue weighted by Crippen LogP contribution is 2.25. The number of rotatable bonds is 11.